The summed E-state index contributed by atoms with van der Waals surface area (Å²) in [5, 5.41) is 2.86. The van der Waals surface area contributed by atoms with E-state index in [1.807, 2.05) is 27.7 Å². The lowest BCUT2D eigenvalue weighted by Crippen LogP contribution is -2.34. The third kappa shape index (κ3) is 3.80. The summed E-state index contributed by atoms with van der Waals surface area (Å²) in [5.41, 5.74) is -0.648. The normalized spacial score (nSPS) is 17.0. The first-order chi connectivity index (χ1) is 12.5. The topological polar surface area (TPSA) is 59.8 Å². The number of hydrogen-bond donors (Lipinski definition) is 1. The molecular formula is C19H25F3N4O. The van der Waals surface area contributed by atoms with Crippen molar-refractivity contribution in [3.63, 3.8) is 0 Å². The van der Waals surface area contributed by atoms with Crippen LogP contribution in [0.15, 0.2) is 12.1 Å². The maximum absolute atomic E-state index is 13.1. The third-order valence-electron chi connectivity index (χ3n) is 5.27. The highest BCUT2D eigenvalue weighted by atomic mass is 19.4. The number of imidazole rings is 1. The molecule has 1 atom stereocenters. The van der Waals surface area contributed by atoms with Crippen LogP contribution < -0.4 is 5.32 Å². The van der Waals surface area contributed by atoms with Gasteiger partial charge < -0.3 is 0 Å². The summed E-state index contributed by atoms with van der Waals surface area (Å²) in [5.74, 6) is -0.114. The van der Waals surface area contributed by atoms with Gasteiger partial charge in [0, 0.05) is 12.0 Å². The van der Waals surface area contributed by atoms with Gasteiger partial charge in [-0.15, -0.1) is 0 Å². The lowest BCUT2D eigenvalue weighted by molar-refractivity contribution is -0.141. The van der Waals surface area contributed by atoms with Crippen LogP contribution in [0.5, 0.6) is 0 Å². The average molecular weight is 382 g/mol. The molecule has 0 aliphatic heterocycles. The number of fused-ring (bicyclic) bond motifs is 1. The number of nitrogens with zero attached hydrogens (tertiary/aromatic N) is 3. The number of amides is 1. The Hall–Kier alpha value is -2.12. The number of rotatable bonds is 4. The molecule has 1 fully saturated rings. The van der Waals surface area contributed by atoms with Crippen LogP contribution in [0.3, 0.4) is 0 Å². The van der Waals surface area contributed by atoms with Crippen molar-refractivity contribution in [2.24, 2.45) is 11.3 Å². The number of aromatic nitrogens is 3. The predicted octanol–water partition coefficient (Wildman–Crippen LogP) is 5.19. The molecule has 0 bridgehead atoms. The van der Waals surface area contributed by atoms with Crippen molar-refractivity contribution >= 4 is 23.0 Å². The van der Waals surface area contributed by atoms with E-state index in [4.69, 9.17) is 0 Å². The Bertz CT molecular complexity index is 847. The van der Waals surface area contributed by atoms with E-state index in [2.05, 4.69) is 15.3 Å². The number of carbonyl (C=O) groups excluding carboxylic acids is 1. The highest BCUT2D eigenvalue weighted by Crippen LogP contribution is 2.38. The molecule has 0 unspecified atom stereocenters. The summed E-state index contributed by atoms with van der Waals surface area (Å²) in [6, 6.07) is 2.25. The zero-order valence-corrected chi connectivity index (χ0v) is 16.0. The number of hydrogen-bond acceptors (Lipinski definition) is 3. The molecule has 2 aromatic rings. The van der Waals surface area contributed by atoms with E-state index in [9.17, 15) is 18.0 Å². The molecule has 1 amide bonds. The molecule has 27 heavy (non-hydrogen) atoms. The third-order valence-corrected chi connectivity index (χ3v) is 5.27. The van der Waals surface area contributed by atoms with Crippen molar-refractivity contribution in [1.82, 2.24) is 14.5 Å². The Balaban J connectivity index is 2.03. The van der Waals surface area contributed by atoms with Crippen LogP contribution in [0, 0.1) is 11.3 Å². The number of anilines is 1. The smallest absolute Gasteiger partial charge is 0.296 e. The molecule has 0 spiro atoms. The Kier molecular flexibility index (Phi) is 4.94. The maximum Gasteiger partial charge on any atom is 0.433 e. The van der Waals surface area contributed by atoms with Gasteiger partial charge in [-0.25, -0.2) is 9.97 Å². The number of nitrogens with one attached hydrogen (secondary N) is 1. The molecule has 2 aromatic heterocycles. The Morgan fingerprint density at radius 2 is 1.93 bits per heavy atom. The number of alkyl halides is 3. The average Bonchev–Trinajstić information content (AvgIpc) is 2.81. The molecule has 1 aliphatic rings. The molecular weight excluding hydrogens is 357 g/mol. The first-order valence-electron chi connectivity index (χ1n) is 9.29. The number of carbonyl (C=O) groups is 1. The fourth-order valence-corrected chi connectivity index (χ4v) is 3.60. The predicted molar refractivity (Wildman–Crippen MR) is 97.3 cm³/mol. The van der Waals surface area contributed by atoms with Crippen molar-refractivity contribution in [2.75, 3.05) is 5.32 Å². The van der Waals surface area contributed by atoms with E-state index in [1.54, 1.807) is 4.57 Å². The Labute approximate surface area is 156 Å². The van der Waals surface area contributed by atoms with Gasteiger partial charge in [-0.05, 0) is 43.2 Å². The van der Waals surface area contributed by atoms with Gasteiger partial charge in [0.05, 0.1) is 0 Å². The Morgan fingerprint density at radius 3 is 2.41 bits per heavy atom. The molecule has 1 saturated carbocycles. The van der Waals surface area contributed by atoms with Crippen molar-refractivity contribution in [1.29, 1.82) is 0 Å². The second kappa shape index (κ2) is 6.80. The van der Waals surface area contributed by atoms with Gasteiger partial charge in [0.2, 0.25) is 11.9 Å². The lowest BCUT2D eigenvalue weighted by Gasteiger charge is -2.31. The van der Waals surface area contributed by atoms with Crippen LogP contribution in [0.2, 0.25) is 0 Å². The fraction of sp³-hybridized carbons (Fsp3) is 0.632. The summed E-state index contributed by atoms with van der Waals surface area (Å²) in [7, 11) is 0. The van der Waals surface area contributed by atoms with E-state index in [1.165, 1.54) is 6.07 Å². The molecule has 8 heteroatoms. The first kappa shape index (κ1) is 19.6. The highest BCUT2D eigenvalue weighted by molar-refractivity contribution is 5.93. The fourth-order valence-electron chi connectivity index (χ4n) is 3.60. The highest BCUT2D eigenvalue weighted by Gasteiger charge is 2.35. The second-order valence-electron chi connectivity index (χ2n) is 8.24. The van der Waals surface area contributed by atoms with Crippen molar-refractivity contribution in [3.8, 4) is 0 Å². The van der Waals surface area contributed by atoms with Gasteiger partial charge in [-0.1, -0.05) is 27.7 Å². The first-order valence-corrected chi connectivity index (χ1v) is 9.29. The molecule has 3 rings (SSSR count). The standard InChI is InChI=1S/C19H25F3N4O/c1-5-12(18(2,3)4)16(27)25-17-23-13-9-10-14(19(20,21)22)24-15(13)26(17)11-7-6-8-11/h9-12H,5-8H2,1-4H3,(H,23,25,27)/t12-/m1/s1. The minimum absolute atomic E-state index is 0.0102. The molecule has 148 valence electrons. The SMILES string of the molecule is CC[C@H](C(=O)Nc1nc2ccc(C(F)(F)F)nc2n1C1CCC1)C(C)(C)C. The van der Waals surface area contributed by atoms with Gasteiger partial charge in [0.25, 0.3) is 0 Å². The van der Waals surface area contributed by atoms with Gasteiger partial charge in [0.1, 0.15) is 11.2 Å². The molecule has 0 radical (unpaired) electrons. The van der Waals surface area contributed by atoms with E-state index in [0.717, 1.165) is 25.3 Å². The van der Waals surface area contributed by atoms with E-state index < -0.39 is 11.9 Å². The minimum atomic E-state index is -4.52. The van der Waals surface area contributed by atoms with Gasteiger partial charge in [-0.3, -0.25) is 14.7 Å². The van der Waals surface area contributed by atoms with Crippen LogP contribution in [0.25, 0.3) is 11.2 Å². The Morgan fingerprint density at radius 1 is 1.26 bits per heavy atom. The molecule has 5 nitrogen and oxygen atoms in total. The summed E-state index contributed by atoms with van der Waals surface area (Å²) in [4.78, 5) is 21.0. The van der Waals surface area contributed by atoms with Crippen LogP contribution in [0.1, 0.15) is 65.1 Å². The summed E-state index contributed by atoms with van der Waals surface area (Å²) in [6.45, 7) is 7.92. The van der Waals surface area contributed by atoms with Gasteiger partial charge in [-0.2, -0.15) is 13.2 Å². The summed E-state index contributed by atoms with van der Waals surface area (Å²) in [6.07, 6.45) is -1.19. The molecule has 1 aliphatic carbocycles. The molecule has 0 saturated heterocycles. The van der Waals surface area contributed by atoms with Crippen molar-refractivity contribution in [2.45, 2.75) is 65.6 Å². The second-order valence-corrected chi connectivity index (χ2v) is 8.24. The van der Waals surface area contributed by atoms with E-state index in [-0.39, 0.29) is 34.9 Å². The van der Waals surface area contributed by atoms with Crippen LogP contribution in [-0.4, -0.2) is 20.4 Å². The van der Waals surface area contributed by atoms with Gasteiger partial charge >= 0.3 is 6.18 Å². The van der Waals surface area contributed by atoms with Crippen molar-refractivity contribution < 1.29 is 18.0 Å². The summed E-state index contributed by atoms with van der Waals surface area (Å²) >= 11 is 0. The zero-order valence-electron chi connectivity index (χ0n) is 16.0. The summed E-state index contributed by atoms with van der Waals surface area (Å²) < 4.78 is 40.9. The maximum atomic E-state index is 13.1. The quantitative estimate of drug-likeness (QED) is 0.792. The van der Waals surface area contributed by atoms with E-state index in [0.29, 0.717) is 11.9 Å². The van der Waals surface area contributed by atoms with E-state index >= 15 is 0 Å². The number of pyridine rings is 1. The van der Waals surface area contributed by atoms with Crippen molar-refractivity contribution in [3.05, 3.63) is 17.8 Å². The van der Waals surface area contributed by atoms with Crippen LogP contribution >= 0.6 is 0 Å². The van der Waals surface area contributed by atoms with Crippen LogP contribution in [0.4, 0.5) is 19.1 Å². The molecule has 0 aromatic carbocycles. The number of halogens is 3. The zero-order chi connectivity index (χ0) is 20.0. The molecule has 1 N–H and O–H groups in total. The molecule has 2 heterocycles. The van der Waals surface area contributed by atoms with Crippen LogP contribution in [-0.2, 0) is 11.0 Å². The van der Waals surface area contributed by atoms with Gasteiger partial charge in [0.15, 0.2) is 5.65 Å². The lowest BCUT2D eigenvalue weighted by atomic mass is 9.78. The minimum Gasteiger partial charge on any atom is -0.296 e. The monoisotopic (exact) mass is 382 g/mol. The largest absolute Gasteiger partial charge is 0.433 e.